The summed E-state index contributed by atoms with van der Waals surface area (Å²) in [5, 5.41) is 4.68. The molecule has 5 heterocycles. The molecular formula is C25H22F3N5O. The van der Waals surface area contributed by atoms with Crippen LogP contribution in [0.3, 0.4) is 0 Å². The molecule has 0 saturated carbocycles. The second kappa shape index (κ2) is 7.44. The predicted octanol–water partition coefficient (Wildman–Crippen LogP) is 4.75. The Labute approximate surface area is 193 Å². The van der Waals surface area contributed by atoms with Gasteiger partial charge in [-0.1, -0.05) is 0 Å². The van der Waals surface area contributed by atoms with Crippen LogP contribution in [-0.2, 0) is 13.5 Å². The number of rotatable bonds is 2. The normalized spacial score (nSPS) is 19.5. The molecule has 0 aliphatic carbocycles. The molecule has 6 rings (SSSR count). The fraction of sp³-hybridized carbons (Fsp3) is 0.320. The third kappa shape index (κ3) is 2.99. The van der Waals surface area contributed by atoms with Crippen LogP contribution in [0, 0.1) is 24.4 Å². The van der Waals surface area contributed by atoms with Gasteiger partial charge in [0.2, 0.25) is 0 Å². The number of carbonyl (C=O) groups is 1. The highest BCUT2D eigenvalue weighted by atomic mass is 19.2. The molecule has 2 atom stereocenters. The van der Waals surface area contributed by atoms with E-state index in [9.17, 15) is 18.0 Å². The summed E-state index contributed by atoms with van der Waals surface area (Å²) < 4.78 is 44.9. The molecule has 1 aromatic carbocycles. The number of benzene rings is 1. The maximum absolute atomic E-state index is 14.0. The first-order valence-corrected chi connectivity index (χ1v) is 11.3. The van der Waals surface area contributed by atoms with Gasteiger partial charge >= 0.3 is 0 Å². The van der Waals surface area contributed by atoms with Crippen molar-refractivity contribution in [1.29, 1.82) is 0 Å². The van der Waals surface area contributed by atoms with Gasteiger partial charge in [0.1, 0.15) is 11.3 Å². The number of pyridine rings is 1. The van der Waals surface area contributed by atoms with Crippen molar-refractivity contribution in [3.8, 4) is 11.3 Å². The molecule has 9 heteroatoms. The van der Waals surface area contributed by atoms with Crippen LogP contribution < -0.4 is 0 Å². The second-order valence-electron chi connectivity index (χ2n) is 9.18. The highest BCUT2D eigenvalue weighted by Gasteiger charge is 2.44. The van der Waals surface area contributed by atoms with Gasteiger partial charge in [0, 0.05) is 30.4 Å². The minimum Gasteiger partial charge on any atom is -0.325 e. The maximum atomic E-state index is 14.0. The van der Waals surface area contributed by atoms with Gasteiger partial charge in [-0.3, -0.25) is 13.9 Å². The van der Waals surface area contributed by atoms with Gasteiger partial charge in [-0.25, -0.2) is 18.2 Å². The number of hydrogen-bond acceptors (Lipinski definition) is 3. The third-order valence-electron chi connectivity index (χ3n) is 7.06. The van der Waals surface area contributed by atoms with Crippen molar-refractivity contribution in [2.24, 2.45) is 7.05 Å². The zero-order valence-corrected chi connectivity index (χ0v) is 18.7. The summed E-state index contributed by atoms with van der Waals surface area (Å²) in [5.41, 5.74) is 4.66. The molecule has 174 valence electrons. The number of nitrogens with zero attached hydrogens (tertiary/aromatic N) is 5. The largest absolute Gasteiger partial charge is 0.325 e. The zero-order valence-electron chi connectivity index (χ0n) is 18.7. The predicted molar refractivity (Wildman–Crippen MR) is 119 cm³/mol. The Bertz CT molecular complexity index is 1450. The molecule has 6 nitrogen and oxygen atoms in total. The van der Waals surface area contributed by atoms with E-state index in [4.69, 9.17) is 0 Å². The lowest BCUT2D eigenvalue weighted by atomic mass is 9.81. The number of hydrogen-bond donors (Lipinski definition) is 0. The molecule has 34 heavy (non-hydrogen) atoms. The van der Waals surface area contributed by atoms with Crippen LogP contribution in [0.1, 0.15) is 52.6 Å². The number of aromatic nitrogens is 4. The second-order valence-corrected chi connectivity index (χ2v) is 9.18. The monoisotopic (exact) mass is 465 g/mol. The zero-order chi connectivity index (χ0) is 23.7. The summed E-state index contributed by atoms with van der Waals surface area (Å²) in [6.45, 7) is 1.98. The quantitative estimate of drug-likeness (QED) is 0.402. The fourth-order valence-corrected chi connectivity index (χ4v) is 5.58. The maximum Gasteiger partial charge on any atom is 0.273 e. The number of piperidine rings is 1. The molecule has 4 aromatic rings. The van der Waals surface area contributed by atoms with Gasteiger partial charge in [-0.2, -0.15) is 5.10 Å². The van der Waals surface area contributed by atoms with E-state index in [1.807, 2.05) is 30.2 Å². The first-order chi connectivity index (χ1) is 16.3. The van der Waals surface area contributed by atoms with Gasteiger partial charge in [-0.15, -0.1) is 0 Å². The highest BCUT2D eigenvalue weighted by molar-refractivity contribution is 5.94. The Balaban J connectivity index is 1.44. The molecule has 0 unspecified atom stereocenters. The van der Waals surface area contributed by atoms with E-state index in [1.165, 1.54) is 0 Å². The minimum atomic E-state index is -1.49. The van der Waals surface area contributed by atoms with E-state index < -0.39 is 17.5 Å². The van der Waals surface area contributed by atoms with Gasteiger partial charge in [0.15, 0.2) is 17.5 Å². The number of aryl methyl sites for hydroxylation is 2. The standard InChI is InChI=1S/C25H22F3N5O/c1-13-6-7-32-20(12-29-21(32)8-13)25(34)33-15-4-3-5-19(33)23-16(11-15)24(31(2)30-23)14-9-17(26)22(28)18(27)10-14/h6-10,12,15,19H,3-5,11H2,1-2H3/t15-,19+/m1/s1. The number of halogens is 3. The van der Waals surface area contributed by atoms with Gasteiger partial charge in [0.25, 0.3) is 5.91 Å². The number of carbonyl (C=O) groups excluding carboxylic acids is 1. The average molecular weight is 465 g/mol. The highest BCUT2D eigenvalue weighted by Crippen LogP contribution is 2.45. The van der Waals surface area contributed by atoms with Gasteiger partial charge in [-0.05, 0) is 62.4 Å². The van der Waals surface area contributed by atoms with Crippen LogP contribution >= 0.6 is 0 Å². The number of amides is 1. The van der Waals surface area contributed by atoms with E-state index in [-0.39, 0.29) is 23.6 Å². The Kier molecular flexibility index (Phi) is 4.59. The summed E-state index contributed by atoms with van der Waals surface area (Å²) in [7, 11) is 1.70. The minimum absolute atomic E-state index is 0.0761. The number of fused-ring (bicyclic) bond motifs is 5. The lowest BCUT2D eigenvalue weighted by Gasteiger charge is -2.45. The molecule has 1 fully saturated rings. The first-order valence-electron chi connectivity index (χ1n) is 11.3. The first kappa shape index (κ1) is 20.9. The van der Waals surface area contributed by atoms with Crippen molar-refractivity contribution in [2.45, 2.75) is 44.7 Å². The van der Waals surface area contributed by atoms with Crippen LogP contribution in [-0.4, -0.2) is 36.0 Å². The molecule has 2 aliphatic rings. The lowest BCUT2D eigenvalue weighted by Crippen LogP contribution is -2.50. The Morgan fingerprint density at radius 2 is 1.88 bits per heavy atom. The summed E-state index contributed by atoms with van der Waals surface area (Å²) in [6.07, 6.45) is 6.49. The van der Waals surface area contributed by atoms with E-state index in [2.05, 4.69) is 10.1 Å². The van der Waals surface area contributed by atoms with E-state index >= 15 is 0 Å². The van der Waals surface area contributed by atoms with Crippen LogP contribution in [0.5, 0.6) is 0 Å². The van der Waals surface area contributed by atoms with Crippen molar-refractivity contribution >= 4 is 11.6 Å². The lowest BCUT2D eigenvalue weighted by molar-refractivity contribution is 0.0385. The van der Waals surface area contributed by atoms with Gasteiger partial charge in [0.05, 0.1) is 23.6 Å². The molecule has 0 radical (unpaired) electrons. The van der Waals surface area contributed by atoms with E-state index in [1.54, 1.807) is 22.3 Å². The van der Waals surface area contributed by atoms with E-state index in [0.717, 1.165) is 48.2 Å². The molecule has 1 saturated heterocycles. The summed E-state index contributed by atoms with van der Waals surface area (Å²) in [4.78, 5) is 20.1. The van der Waals surface area contributed by atoms with Crippen LogP contribution in [0.25, 0.3) is 16.9 Å². The molecule has 0 spiro atoms. The number of imidazole rings is 1. The van der Waals surface area contributed by atoms with Crippen LogP contribution in [0.4, 0.5) is 13.2 Å². The third-order valence-corrected chi connectivity index (χ3v) is 7.06. The van der Waals surface area contributed by atoms with Crippen molar-refractivity contribution in [2.75, 3.05) is 0 Å². The average Bonchev–Trinajstić information content (AvgIpc) is 3.36. The topological polar surface area (TPSA) is 55.4 Å². The summed E-state index contributed by atoms with van der Waals surface area (Å²) >= 11 is 0. The van der Waals surface area contributed by atoms with E-state index in [0.29, 0.717) is 23.5 Å². The fourth-order valence-electron chi connectivity index (χ4n) is 5.58. The molecular weight excluding hydrogens is 443 g/mol. The SMILES string of the molecule is Cc1ccn2c(C(=O)N3[C@@H]4CCC[C@H]3c3nn(C)c(-c5cc(F)c(F)c(F)c5)c3C4)cnc2c1. The van der Waals surface area contributed by atoms with Crippen molar-refractivity contribution in [3.05, 3.63) is 76.6 Å². The van der Waals surface area contributed by atoms with Crippen molar-refractivity contribution in [1.82, 2.24) is 24.1 Å². The molecule has 3 aromatic heterocycles. The van der Waals surface area contributed by atoms with Crippen molar-refractivity contribution < 1.29 is 18.0 Å². The summed E-state index contributed by atoms with van der Waals surface area (Å²) in [6, 6.07) is 5.55. The van der Waals surface area contributed by atoms with Crippen LogP contribution in [0.15, 0.2) is 36.7 Å². The Morgan fingerprint density at radius 1 is 1.12 bits per heavy atom. The molecule has 2 aliphatic heterocycles. The van der Waals surface area contributed by atoms with Crippen LogP contribution in [0.2, 0.25) is 0 Å². The smallest absolute Gasteiger partial charge is 0.273 e. The molecule has 1 amide bonds. The molecule has 2 bridgehead atoms. The Hall–Kier alpha value is -3.62. The molecule has 0 N–H and O–H groups in total. The van der Waals surface area contributed by atoms with Crippen molar-refractivity contribution in [3.63, 3.8) is 0 Å². The Morgan fingerprint density at radius 3 is 2.65 bits per heavy atom. The van der Waals surface area contributed by atoms with Gasteiger partial charge < -0.3 is 4.90 Å². The summed E-state index contributed by atoms with van der Waals surface area (Å²) in [5.74, 6) is -4.07.